The fourth-order valence-electron chi connectivity index (χ4n) is 3.93. The largest absolute Gasteiger partial charge is 0.503 e. The summed E-state index contributed by atoms with van der Waals surface area (Å²) in [4.78, 5) is 27.6. The van der Waals surface area contributed by atoms with Gasteiger partial charge in [0, 0.05) is 22.2 Å². The van der Waals surface area contributed by atoms with E-state index in [2.05, 4.69) is 0 Å². The fraction of sp³-hybridized carbons (Fsp3) is 0.0833. The number of nitrogens with zero attached hydrogens (tertiary/aromatic N) is 1. The van der Waals surface area contributed by atoms with Crippen LogP contribution in [0.5, 0.6) is 5.75 Å². The molecule has 33 heavy (non-hydrogen) atoms. The summed E-state index contributed by atoms with van der Waals surface area (Å²) in [5.41, 5.74) is 0.170. The quantitative estimate of drug-likeness (QED) is 0.383. The number of aliphatic hydroxyl groups is 1. The van der Waals surface area contributed by atoms with Crippen molar-refractivity contribution in [2.45, 2.75) is 6.04 Å². The maximum Gasteiger partial charge on any atom is 0.294 e. The molecule has 1 N–H and O–H groups in total. The Labute approximate surface area is 191 Å². The highest BCUT2D eigenvalue weighted by atomic mass is 35.5. The van der Waals surface area contributed by atoms with Gasteiger partial charge >= 0.3 is 0 Å². The van der Waals surface area contributed by atoms with Gasteiger partial charge in [-0.25, -0.2) is 4.39 Å². The van der Waals surface area contributed by atoms with Crippen molar-refractivity contribution in [2.75, 3.05) is 12.0 Å². The number of carbonyl (C=O) groups excluding carboxylic acids is 2. The molecular formula is C24H15ClFNO6. The molecule has 1 amide bonds. The highest BCUT2D eigenvalue weighted by Gasteiger charge is 2.46. The molecule has 0 spiro atoms. The van der Waals surface area contributed by atoms with Crippen LogP contribution in [-0.2, 0) is 4.79 Å². The predicted molar refractivity (Wildman–Crippen MR) is 117 cm³/mol. The Kier molecular flexibility index (Phi) is 4.94. The Hall–Kier alpha value is -4.04. The van der Waals surface area contributed by atoms with Crippen molar-refractivity contribution in [1.82, 2.24) is 0 Å². The first kappa shape index (κ1) is 20.8. The average Bonchev–Trinajstić information content (AvgIpc) is 3.52. The number of amides is 1. The molecule has 166 valence electrons. The van der Waals surface area contributed by atoms with E-state index in [4.69, 9.17) is 25.2 Å². The smallest absolute Gasteiger partial charge is 0.294 e. The highest BCUT2D eigenvalue weighted by Crippen LogP contribution is 2.43. The Morgan fingerprint density at radius 2 is 2.00 bits per heavy atom. The highest BCUT2D eigenvalue weighted by molar-refractivity contribution is 6.31. The minimum absolute atomic E-state index is 0.141. The van der Waals surface area contributed by atoms with E-state index in [1.54, 1.807) is 18.2 Å². The summed E-state index contributed by atoms with van der Waals surface area (Å²) in [6.07, 6.45) is 1.37. The van der Waals surface area contributed by atoms with Crippen LogP contribution in [0.4, 0.5) is 10.1 Å². The number of benzene rings is 2. The van der Waals surface area contributed by atoms with Crippen LogP contribution in [0.3, 0.4) is 0 Å². The Morgan fingerprint density at radius 1 is 1.18 bits per heavy atom. The zero-order valence-electron chi connectivity index (χ0n) is 17.0. The summed E-state index contributed by atoms with van der Waals surface area (Å²) in [5, 5.41) is 11.6. The lowest BCUT2D eigenvalue weighted by atomic mass is 9.99. The van der Waals surface area contributed by atoms with E-state index in [-0.39, 0.29) is 28.4 Å². The molecule has 1 unspecified atom stereocenters. The van der Waals surface area contributed by atoms with Crippen molar-refractivity contribution in [3.63, 3.8) is 0 Å². The number of aliphatic hydroxyl groups excluding tert-OH is 1. The Bertz CT molecular complexity index is 1440. The molecule has 2 aromatic heterocycles. The van der Waals surface area contributed by atoms with Gasteiger partial charge in [0.15, 0.2) is 22.9 Å². The summed E-state index contributed by atoms with van der Waals surface area (Å²) >= 11 is 6.10. The van der Waals surface area contributed by atoms with Crippen molar-refractivity contribution < 1.29 is 32.7 Å². The van der Waals surface area contributed by atoms with E-state index in [1.165, 1.54) is 43.7 Å². The monoisotopic (exact) mass is 467 g/mol. The number of anilines is 1. The second-order valence-corrected chi connectivity index (χ2v) is 7.74. The number of ketones is 1. The third-order valence-electron chi connectivity index (χ3n) is 5.34. The summed E-state index contributed by atoms with van der Waals surface area (Å²) < 4.78 is 30.4. The normalized spacial score (nSPS) is 16.2. The Morgan fingerprint density at radius 3 is 2.70 bits per heavy atom. The molecule has 3 heterocycles. The van der Waals surface area contributed by atoms with Crippen LogP contribution in [0.2, 0.25) is 5.02 Å². The van der Waals surface area contributed by atoms with E-state index in [0.29, 0.717) is 16.2 Å². The molecular weight excluding hydrogens is 453 g/mol. The van der Waals surface area contributed by atoms with Gasteiger partial charge in [-0.1, -0.05) is 17.7 Å². The number of Topliss-reactive ketones (excluding diaryl/α,β-unsaturated/α-hetero) is 1. The van der Waals surface area contributed by atoms with Crippen LogP contribution < -0.4 is 9.64 Å². The minimum Gasteiger partial charge on any atom is -0.503 e. The number of hydrogen-bond donors (Lipinski definition) is 1. The van der Waals surface area contributed by atoms with Crippen molar-refractivity contribution >= 4 is 39.9 Å². The molecule has 0 radical (unpaired) electrons. The lowest BCUT2D eigenvalue weighted by molar-refractivity contribution is -0.117. The molecule has 0 fully saturated rings. The standard InChI is InChI=1S/C24H15ClFNO6/c1-31-18-10-13(25)8-12-9-17(33-23(12)18)21(28)19-20(16-6-3-7-32-16)27(24(30)22(19)29)15-5-2-4-14(26)11-15/h2-11,20,29H,1H3. The van der Waals surface area contributed by atoms with Gasteiger partial charge in [-0.2, -0.15) is 0 Å². The third-order valence-corrected chi connectivity index (χ3v) is 5.56. The average molecular weight is 468 g/mol. The first-order valence-electron chi connectivity index (χ1n) is 9.76. The van der Waals surface area contributed by atoms with Crippen molar-refractivity contribution in [2.24, 2.45) is 0 Å². The van der Waals surface area contributed by atoms with Crippen molar-refractivity contribution in [3.8, 4) is 5.75 Å². The number of halogens is 2. The molecule has 1 aliphatic heterocycles. The summed E-state index contributed by atoms with van der Waals surface area (Å²) in [6.45, 7) is 0. The van der Waals surface area contributed by atoms with Gasteiger partial charge in [-0.15, -0.1) is 0 Å². The zero-order chi connectivity index (χ0) is 23.3. The van der Waals surface area contributed by atoms with Crippen LogP contribution in [-0.4, -0.2) is 23.9 Å². The van der Waals surface area contributed by atoms with Crippen LogP contribution in [0.15, 0.2) is 81.0 Å². The number of furan rings is 2. The fourth-order valence-corrected chi connectivity index (χ4v) is 4.14. The molecule has 2 aromatic carbocycles. The molecule has 7 nitrogen and oxygen atoms in total. The van der Waals surface area contributed by atoms with Gasteiger partial charge in [0.2, 0.25) is 5.78 Å². The maximum absolute atomic E-state index is 13.9. The lowest BCUT2D eigenvalue weighted by Gasteiger charge is -2.24. The number of carbonyl (C=O) groups is 2. The van der Waals surface area contributed by atoms with Crippen LogP contribution in [0.25, 0.3) is 11.0 Å². The molecule has 0 saturated heterocycles. The first-order valence-corrected chi connectivity index (χ1v) is 10.1. The second kappa shape index (κ2) is 7.83. The molecule has 0 bridgehead atoms. The SMILES string of the molecule is COc1cc(Cl)cc2cc(C(=O)C3=C(O)C(=O)N(c4cccc(F)c4)C3c3ccco3)oc12. The zero-order valence-corrected chi connectivity index (χ0v) is 17.8. The van der Waals surface area contributed by atoms with Gasteiger partial charge in [0.05, 0.1) is 18.9 Å². The maximum atomic E-state index is 13.9. The summed E-state index contributed by atoms with van der Waals surface area (Å²) in [5.74, 6) is -2.59. The van der Waals surface area contributed by atoms with Gasteiger partial charge in [-0.05, 0) is 42.5 Å². The molecule has 1 atom stereocenters. The number of hydrogen-bond acceptors (Lipinski definition) is 6. The first-order chi connectivity index (χ1) is 15.9. The van der Waals surface area contributed by atoms with Gasteiger partial charge < -0.3 is 18.7 Å². The van der Waals surface area contributed by atoms with Gasteiger partial charge in [-0.3, -0.25) is 14.5 Å². The van der Waals surface area contributed by atoms with Crippen LogP contribution >= 0.6 is 11.6 Å². The Balaban J connectivity index is 1.65. The molecule has 0 saturated carbocycles. The van der Waals surface area contributed by atoms with Crippen molar-refractivity contribution in [3.05, 3.63) is 94.6 Å². The number of rotatable bonds is 5. The van der Waals surface area contributed by atoms with E-state index >= 15 is 0 Å². The molecule has 5 rings (SSSR count). The third kappa shape index (κ3) is 3.35. The van der Waals surface area contributed by atoms with E-state index in [9.17, 15) is 19.1 Å². The van der Waals surface area contributed by atoms with Crippen LogP contribution in [0, 0.1) is 5.82 Å². The van der Waals surface area contributed by atoms with Crippen molar-refractivity contribution in [1.29, 1.82) is 0 Å². The predicted octanol–water partition coefficient (Wildman–Crippen LogP) is 5.61. The minimum atomic E-state index is -1.14. The number of methoxy groups -OCH3 is 1. The van der Waals surface area contributed by atoms with Gasteiger partial charge in [0.1, 0.15) is 17.6 Å². The molecule has 9 heteroatoms. The number of fused-ring (bicyclic) bond motifs is 1. The second-order valence-electron chi connectivity index (χ2n) is 7.30. The van der Waals surface area contributed by atoms with Gasteiger partial charge in [0.25, 0.3) is 5.91 Å². The molecule has 4 aromatic rings. The number of ether oxygens (including phenoxy) is 1. The molecule has 0 aliphatic carbocycles. The van der Waals surface area contributed by atoms with Crippen LogP contribution in [0.1, 0.15) is 22.4 Å². The summed E-state index contributed by atoms with van der Waals surface area (Å²) in [6, 6.07) is 11.8. The van der Waals surface area contributed by atoms with E-state index in [0.717, 1.165) is 11.0 Å². The molecule has 1 aliphatic rings. The topological polar surface area (TPSA) is 93.1 Å². The summed E-state index contributed by atoms with van der Waals surface area (Å²) in [7, 11) is 1.43. The van der Waals surface area contributed by atoms with E-state index < -0.39 is 29.3 Å². The lowest BCUT2D eigenvalue weighted by Crippen LogP contribution is -2.30. The van der Waals surface area contributed by atoms with E-state index in [1.807, 2.05) is 0 Å².